The normalized spacial score (nSPS) is 16.5. The first-order valence-corrected chi connectivity index (χ1v) is 10.4. The second-order valence-electron chi connectivity index (χ2n) is 8.21. The molecule has 3 heterocycles. The molecular weight excluding hydrogens is 376 g/mol. The summed E-state index contributed by atoms with van der Waals surface area (Å²) < 4.78 is 1.88. The number of carbonyl (C=O) groups excluding carboxylic acids is 1. The summed E-state index contributed by atoms with van der Waals surface area (Å²) in [5.41, 5.74) is 4.11. The van der Waals surface area contributed by atoms with Gasteiger partial charge in [-0.3, -0.25) is 14.5 Å². The fraction of sp³-hybridized carbons (Fsp3) is 0.375. The molecule has 0 saturated carbocycles. The van der Waals surface area contributed by atoms with Gasteiger partial charge in [-0.15, -0.1) is 0 Å². The van der Waals surface area contributed by atoms with Crippen LogP contribution in [0, 0.1) is 6.92 Å². The van der Waals surface area contributed by atoms with E-state index in [4.69, 9.17) is 0 Å². The highest BCUT2D eigenvalue weighted by atomic mass is 16.2. The van der Waals surface area contributed by atoms with E-state index in [-0.39, 0.29) is 22.9 Å². The Hall–Kier alpha value is -2.99. The molecule has 1 unspecified atom stereocenters. The number of hydrogen-bond acceptors (Lipinski definition) is 4. The lowest BCUT2D eigenvalue weighted by atomic mass is 9.94. The monoisotopic (exact) mass is 404 g/mol. The molecule has 0 aliphatic carbocycles. The fourth-order valence-electron chi connectivity index (χ4n) is 4.28. The third-order valence-corrected chi connectivity index (χ3v) is 6.08. The van der Waals surface area contributed by atoms with Gasteiger partial charge in [0.05, 0.1) is 5.39 Å². The molecule has 30 heavy (non-hydrogen) atoms. The van der Waals surface area contributed by atoms with Crippen molar-refractivity contribution < 1.29 is 4.79 Å². The highest BCUT2D eigenvalue weighted by molar-refractivity contribution is 5.96. The summed E-state index contributed by atoms with van der Waals surface area (Å²) in [5.74, 6) is -0.239. The molecule has 0 spiro atoms. The number of aromatic nitrogens is 2. The molecule has 0 bridgehead atoms. The summed E-state index contributed by atoms with van der Waals surface area (Å²) in [6, 6.07) is 12.3. The molecule has 3 aromatic rings. The predicted molar refractivity (Wildman–Crippen MR) is 119 cm³/mol. The molecule has 0 fully saturated rings. The highest BCUT2D eigenvalue weighted by Crippen LogP contribution is 2.22. The molecule has 1 aromatic carbocycles. The number of amides is 1. The van der Waals surface area contributed by atoms with Crippen molar-refractivity contribution in [2.45, 2.75) is 39.4 Å². The predicted octanol–water partition coefficient (Wildman–Crippen LogP) is 2.85. The van der Waals surface area contributed by atoms with Crippen LogP contribution < -0.4 is 5.43 Å². The van der Waals surface area contributed by atoms with Crippen LogP contribution >= 0.6 is 0 Å². The Morgan fingerprint density at radius 2 is 1.93 bits per heavy atom. The standard InChI is InChI=1S/C24H28N4O2/c1-5-28-15-21(22(29)20-11-10-16(2)25-23(20)28)24(30)27(4)14-19-12-17-8-6-7-9-18(17)13-26(19)3/h6-11,15,19H,5,12-14H2,1-4H3. The smallest absolute Gasteiger partial charge is 0.259 e. The van der Waals surface area contributed by atoms with Crippen molar-refractivity contribution >= 4 is 16.9 Å². The number of carbonyl (C=O) groups is 1. The first kappa shape index (κ1) is 20.3. The average Bonchev–Trinajstić information content (AvgIpc) is 2.74. The van der Waals surface area contributed by atoms with E-state index in [2.05, 4.69) is 41.2 Å². The van der Waals surface area contributed by atoms with Gasteiger partial charge in [0.2, 0.25) is 5.43 Å². The Morgan fingerprint density at radius 3 is 2.67 bits per heavy atom. The van der Waals surface area contributed by atoms with Crippen LogP contribution in [0.15, 0.2) is 47.4 Å². The van der Waals surface area contributed by atoms with Crippen LogP contribution in [0.1, 0.15) is 34.1 Å². The Bertz CT molecular complexity index is 1170. The van der Waals surface area contributed by atoms with Gasteiger partial charge in [0.25, 0.3) is 5.91 Å². The van der Waals surface area contributed by atoms with Crippen LogP contribution in [0.3, 0.4) is 0 Å². The fourth-order valence-corrected chi connectivity index (χ4v) is 4.28. The zero-order valence-electron chi connectivity index (χ0n) is 18.1. The molecule has 1 aliphatic rings. The van der Waals surface area contributed by atoms with Crippen molar-refractivity contribution in [2.24, 2.45) is 0 Å². The lowest BCUT2D eigenvalue weighted by Gasteiger charge is -2.36. The van der Waals surface area contributed by atoms with Gasteiger partial charge >= 0.3 is 0 Å². The minimum atomic E-state index is -0.249. The number of rotatable bonds is 4. The number of benzene rings is 1. The largest absolute Gasteiger partial charge is 0.340 e. The van der Waals surface area contributed by atoms with Gasteiger partial charge in [-0.2, -0.15) is 0 Å². The minimum Gasteiger partial charge on any atom is -0.340 e. The molecule has 0 N–H and O–H groups in total. The quantitative estimate of drug-likeness (QED) is 0.671. The second-order valence-corrected chi connectivity index (χ2v) is 8.21. The topological polar surface area (TPSA) is 58.4 Å². The SMILES string of the molecule is CCn1cc(C(=O)N(C)CC2Cc3ccccc3CN2C)c(=O)c2ccc(C)nc21. The van der Waals surface area contributed by atoms with Gasteiger partial charge in [-0.25, -0.2) is 4.98 Å². The van der Waals surface area contributed by atoms with E-state index in [1.807, 2.05) is 24.5 Å². The van der Waals surface area contributed by atoms with E-state index in [1.165, 1.54) is 11.1 Å². The lowest BCUT2D eigenvalue weighted by molar-refractivity contribution is 0.0731. The number of pyridine rings is 2. The number of likely N-dealkylation sites (N-methyl/N-ethyl adjacent to an activating group) is 2. The van der Waals surface area contributed by atoms with E-state index in [0.717, 1.165) is 18.7 Å². The van der Waals surface area contributed by atoms with Gasteiger partial charge in [0.15, 0.2) is 0 Å². The molecule has 6 nitrogen and oxygen atoms in total. The summed E-state index contributed by atoms with van der Waals surface area (Å²) in [7, 11) is 3.87. The maximum absolute atomic E-state index is 13.2. The van der Waals surface area contributed by atoms with E-state index in [1.54, 1.807) is 24.2 Å². The first-order valence-electron chi connectivity index (χ1n) is 10.4. The van der Waals surface area contributed by atoms with Crippen LogP contribution in [-0.2, 0) is 19.5 Å². The van der Waals surface area contributed by atoms with Gasteiger partial charge in [0, 0.05) is 44.6 Å². The van der Waals surface area contributed by atoms with Crippen molar-refractivity contribution in [1.82, 2.24) is 19.4 Å². The molecule has 156 valence electrons. The molecule has 1 aliphatic heterocycles. The minimum absolute atomic E-state index is 0.205. The summed E-state index contributed by atoms with van der Waals surface area (Å²) in [4.78, 5) is 34.8. The van der Waals surface area contributed by atoms with Crippen LogP contribution in [-0.4, -0.2) is 51.9 Å². The summed E-state index contributed by atoms with van der Waals surface area (Å²) in [6.07, 6.45) is 2.56. The third-order valence-electron chi connectivity index (χ3n) is 6.08. The maximum atomic E-state index is 13.2. The van der Waals surface area contributed by atoms with Gasteiger partial charge < -0.3 is 9.47 Å². The highest BCUT2D eigenvalue weighted by Gasteiger charge is 2.27. The Kier molecular flexibility index (Phi) is 5.43. The number of nitrogens with zero attached hydrogens (tertiary/aromatic N) is 4. The van der Waals surface area contributed by atoms with Gasteiger partial charge in [0.1, 0.15) is 11.2 Å². The van der Waals surface area contributed by atoms with E-state index < -0.39 is 0 Å². The molecule has 2 aromatic heterocycles. The zero-order valence-corrected chi connectivity index (χ0v) is 18.1. The first-order chi connectivity index (χ1) is 14.4. The van der Waals surface area contributed by atoms with Crippen LogP contribution in [0.2, 0.25) is 0 Å². The zero-order chi connectivity index (χ0) is 21.4. The van der Waals surface area contributed by atoms with Crippen LogP contribution in [0.25, 0.3) is 11.0 Å². The summed E-state index contributed by atoms with van der Waals surface area (Å²) in [5, 5.41) is 0.491. The van der Waals surface area contributed by atoms with Crippen LogP contribution in [0.5, 0.6) is 0 Å². The van der Waals surface area contributed by atoms with E-state index in [0.29, 0.717) is 24.1 Å². The molecule has 6 heteroatoms. The van der Waals surface area contributed by atoms with Crippen molar-refractivity contribution in [3.05, 3.63) is 75.2 Å². The molecule has 1 amide bonds. The van der Waals surface area contributed by atoms with Crippen molar-refractivity contribution in [3.8, 4) is 0 Å². The molecule has 0 saturated heterocycles. The lowest BCUT2D eigenvalue weighted by Crippen LogP contribution is -2.46. The van der Waals surface area contributed by atoms with E-state index in [9.17, 15) is 9.59 Å². The van der Waals surface area contributed by atoms with Crippen LogP contribution in [0.4, 0.5) is 0 Å². The third kappa shape index (κ3) is 3.63. The Balaban J connectivity index is 1.62. The Morgan fingerprint density at radius 1 is 1.20 bits per heavy atom. The molecule has 0 radical (unpaired) electrons. The van der Waals surface area contributed by atoms with Crippen molar-refractivity contribution in [2.75, 3.05) is 20.6 Å². The van der Waals surface area contributed by atoms with Gasteiger partial charge in [-0.05, 0) is 50.6 Å². The summed E-state index contributed by atoms with van der Waals surface area (Å²) in [6.45, 7) is 5.96. The molecule has 1 atom stereocenters. The van der Waals surface area contributed by atoms with Crippen molar-refractivity contribution in [1.29, 1.82) is 0 Å². The maximum Gasteiger partial charge on any atom is 0.259 e. The number of fused-ring (bicyclic) bond motifs is 2. The Labute approximate surface area is 176 Å². The molecular formula is C24H28N4O2. The summed E-state index contributed by atoms with van der Waals surface area (Å²) >= 11 is 0. The van der Waals surface area contributed by atoms with Gasteiger partial charge in [-0.1, -0.05) is 24.3 Å². The number of hydrogen-bond donors (Lipinski definition) is 0. The molecule has 4 rings (SSSR count). The van der Waals surface area contributed by atoms with Crippen molar-refractivity contribution in [3.63, 3.8) is 0 Å². The van der Waals surface area contributed by atoms with E-state index >= 15 is 0 Å². The average molecular weight is 405 g/mol. The number of aryl methyl sites for hydroxylation is 2. The second kappa shape index (κ2) is 8.03.